The number of ketones is 1. The monoisotopic (exact) mass is 509 g/mol. The van der Waals surface area contributed by atoms with E-state index in [2.05, 4.69) is 4.90 Å². The predicted molar refractivity (Wildman–Crippen MR) is 142 cm³/mol. The molecule has 0 unspecified atom stereocenters. The molecule has 37 heavy (non-hydrogen) atoms. The molecule has 8 heteroatoms. The lowest BCUT2D eigenvalue weighted by Crippen LogP contribution is -2.33. The van der Waals surface area contributed by atoms with Crippen LogP contribution < -0.4 is 9.47 Å². The van der Waals surface area contributed by atoms with Crippen molar-refractivity contribution in [2.24, 2.45) is 0 Å². The number of benzene rings is 2. The molecule has 0 saturated carbocycles. The van der Waals surface area contributed by atoms with Crippen molar-refractivity contribution in [2.75, 3.05) is 33.4 Å². The minimum Gasteiger partial charge on any atom is -0.496 e. The third kappa shape index (κ3) is 10.3. The first-order valence-corrected chi connectivity index (χ1v) is 12.2. The minimum atomic E-state index is -1.26. The molecule has 0 radical (unpaired) electrons. The van der Waals surface area contributed by atoms with E-state index in [1.54, 1.807) is 13.2 Å². The van der Waals surface area contributed by atoms with Crippen LogP contribution in [0.5, 0.6) is 11.5 Å². The van der Waals surface area contributed by atoms with Crippen LogP contribution in [-0.2, 0) is 9.59 Å². The number of nitrogens with zero attached hydrogens (tertiary/aromatic N) is 1. The Morgan fingerprint density at radius 1 is 0.919 bits per heavy atom. The second-order valence-electron chi connectivity index (χ2n) is 8.63. The van der Waals surface area contributed by atoms with E-state index in [1.807, 2.05) is 56.3 Å². The number of carbonyl (C=O) groups excluding carboxylic acids is 1. The highest BCUT2D eigenvalue weighted by Gasteiger charge is 2.13. The maximum atomic E-state index is 12.8. The average Bonchev–Trinajstić information content (AvgIpc) is 2.87. The number of aryl methyl sites for hydroxylation is 2. The SMILES string of the molecule is COc1ccccc1C=CC(=O)c1c(C)cc(OCCN2CCCCC2)cc1C.O=C(O)C=CC(=O)O. The normalized spacial score (nSPS) is 13.7. The van der Waals surface area contributed by atoms with Gasteiger partial charge in [0, 0.05) is 29.8 Å². The molecule has 0 aliphatic carbocycles. The Hall–Kier alpha value is -3.91. The van der Waals surface area contributed by atoms with Gasteiger partial charge in [-0.2, -0.15) is 0 Å². The van der Waals surface area contributed by atoms with Crippen molar-refractivity contribution in [3.05, 3.63) is 76.9 Å². The van der Waals surface area contributed by atoms with E-state index in [1.165, 1.54) is 32.4 Å². The summed E-state index contributed by atoms with van der Waals surface area (Å²) in [7, 11) is 1.63. The van der Waals surface area contributed by atoms with Crippen LogP contribution in [0.4, 0.5) is 0 Å². The summed E-state index contributed by atoms with van der Waals surface area (Å²) < 4.78 is 11.3. The Morgan fingerprint density at radius 3 is 2.08 bits per heavy atom. The molecule has 8 nitrogen and oxygen atoms in total. The van der Waals surface area contributed by atoms with Crippen molar-refractivity contribution in [3.63, 3.8) is 0 Å². The standard InChI is InChI=1S/C25H31NO3.C4H4O4/c1-19-17-22(29-16-15-26-13-7-4-8-14-26)18-20(2)25(19)23(27)12-11-21-9-5-6-10-24(21)28-3;5-3(6)1-2-4(7)8/h5-6,9-12,17-18H,4,7-8,13-16H2,1-3H3;1-2H,(H,5,6)(H,7,8). The topological polar surface area (TPSA) is 113 Å². The van der Waals surface area contributed by atoms with E-state index < -0.39 is 11.9 Å². The van der Waals surface area contributed by atoms with E-state index in [4.69, 9.17) is 19.7 Å². The lowest BCUT2D eigenvalue weighted by atomic mass is 9.98. The smallest absolute Gasteiger partial charge is 0.328 e. The Kier molecular flexibility index (Phi) is 12.1. The maximum Gasteiger partial charge on any atom is 0.328 e. The fourth-order valence-electron chi connectivity index (χ4n) is 4.07. The van der Waals surface area contributed by atoms with Crippen LogP contribution in [0.3, 0.4) is 0 Å². The fourth-order valence-corrected chi connectivity index (χ4v) is 4.07. The number of carboxylic acid groups (broad SMARTS) is 2. The van der Waals surface area contributed by atoms with E-state index in [0.29, 0.717) is 18.8 Å². The lowest BCUT2D eigenvalue weighted by Gasteiger charge is -2.26. The number of hydrogen-bond acceptors (Lipinski definition) is 6. The first-order valence-electron chi connectivity index (χ1n) is 12.2. The summed E-state index contributed by atoms with van der Waals surface area (Å²) in [4.78, 5) is 34.4. The molecule has 0 aromatic heterocycles. The summed E-state index contributed by atoms with van der Waals surface area (Å²) in [5, 5.41) is 15.6. The van der Waals surface area contributed by atoms with Gasteiger partial charge >= 0.3 is 11.9 Å². The molecule has 0 bridgehead atoms. The zero-order valence-electron chi connectivity index (χ0n) is 21.6. The van der Waals surface area contributed by atoms with Crippen LogP contribution >= 0.6 is 0 Å². The number of ether oxygens (including phenoxy) is 2. The molecule has 1 aliphatic rings. The van der Waals surface area contributed by atoms with Crippen LogP contribution in [0.15, 0.2) is 54.6 Å². The molecular weight excluding hydrogens is 474 g/mol. The number of hydrogen-bond donors (Lipinski definition) is 2. The number of methoxy groups -OCH3 is 1. The van der Waals surface area contributed by atoms with Gasteiger partial charge in [0.25, 0.3) is 0 Å². The molecule has 0 spiro atoms. The quantitative estimate of drug-likeness (QED) is 0.347. The molecular formula is C29H35NO7. The second kappa shape index (κ2) is 15.3. The van der Waals surface area contributed by atoms with Crippen LogP contribution in [0.2, 0.25) is 0 Å². The molecule has 0 amide bonds. The molecule has 1 saturated heterocycles. The molecule has 3 rings (SSSR count). The summed E-state index contributed by atoms with van der Waals surface area (Å²) >= 11 is 0. The number of allylic oxidation sites excluding steroid dienone is 1. The molecule has 1 fully saturated rings. The number of aliphatic carboxylic acids is 2. The zero-order valence-corrected chi connectivity index (χ0v) is 21.6. The highest BCUT2D eigenvalue weighted by atomic mass is 16.5. The molecule has 2 aromatic rings. The van der Waals surface area contributed by atoms with Gasteiger partial charge in [0.1, 0.15) is 18.1 Å². The fraction of sp³-hybridized carbons (Fsp3) is 0.345. The van der Waals surface area contributed by atoms with Crippen molar-refractivity contribution in [3.8, 4) is 11.5 Å². The van der Waals surface area contributed by atoms with Crippen LogP contribution in [0.1, 0.15) is 46.3 Å². The van der Waals surface area contributed by atoms with Gasteiger partial charge in [0.2, 0.25) is 0 Å². The van der Waals surface area contributed by atoms with E-state index in [-0.39, 0.29) is 5.78 Å². The van der Waals surface area contributed by atoms with Gasteiger partial charge in [-0.15, -0.1) is 0 Å². The summed E-state index contributed by atoms with van der Waals surface area (Å²) in [6.45, 7) is 7.92. The number of rotatable bonds is 10. The van der Waals surface area contributed by atoms with Crippen molar-refractivity contribution in [2.45, 2.75) is 33.1 Å². The highest BCUT2D eigenvalue weighted by Crippen LogP contribution is 2.24. The van der Waals surface area contributed by atoms with Gasteiger partial charge in [-0.05, 0) is 81.3 Å². The molecule has 198 valence electrons. The number of piperidine rings is 1. The van der Waals surface area contributed by atoms with Gasteiger partial charge in [-0.1, -0.05) is 24.6 Å². The van der Waals surface area contributed by atoms with Crippen molar-refractivity contribution in [1.29, 1.82) is 0 Å². The number of carboxylic acids is 2. The molecule has 1 heterocycles. The molecule has 1 aliphatic heterocycles. The van der Waals surface area contributed by atoms with Crippen LogP contribution in [0.25, 0.3) is 6.08 Å². The zero-order chi connectivity index (χ0) is 27.2. The average molecular weight is 510 g/mol. The summed E-state index contributed by atoms with van der Waals surface area (Å²) in [5.74, 6) is -0.935. The van der Waals surface area contributed by atoms with Gasteiger partial charge in [0.05, 0.1) is 7.11 Å². The van der Waals surface area contributed by atoms with E-state index in [9.17, 15) is 14.4 Å². The molecule has 2 aromatic carbocycles. The van der Waals surface area contributed by atoms with Crippen LogP contribution in [0, 0.1) is 13.8 Å². The summed E-state index contributed by atoms with van der Waals surface area (Å²) in [6, 6.07) is 11.6. The number of para-hydroxylation sites is 1. The van der Waals surface area contributed by atoms with E-state index >= 15 is 0 Å². The van der Waals surface area contributed by atoms with Gasteiger partial charge in [0.15, 0.2) is 5.78 Å². The summed E-state index contributed by atoms with van der Waals surface area (Å²) in [5.41, 5.74) is 3.50. The largest absolute Gasteiger partial charge is 0.496 e. The Balaban J connectivity index is 0.000000521. The van der Waals surface area contributed by atoms with Crippen LogP contribution in [-0.4, -0.2) is 66.2 Å². The van der Waals surface area contributed by atoms with E-state index in [0.717, 1.165) is 40.3 Å². The molecule has 2 N–H and O–H groups in total. The highest BCUT2D eigenvalue weighted by molar-refractivity contribution is 6.09. The lowest BCUT2D eigenvalue weighted by molar-refractivity contribution is -0.134. The first-order chi connectivity index (χ1) is 17.7. The maximum absolute atomic E-state index is 12.8. The Labute approximate surface area is 217 Å². The third-order valence-electron chi connectivity index (χ3n) is 5.80. The Bertz CT molecular complexity index is 1090. The number of carbonyl (C=O) groups is 3. The summed E-state index contributed by atoms with van der Waals surface area (Å²) in [6.07, 6.45) is 8.46. The Morgan fingerprint density at radius 2 is 1.51 bits per heavy atom. The second-order valence-corrected chi connectivity index (χ2v) is 8.63. The van der Waals surface area contributed by atoms with Gasteiger partial charge in [-0.3, -0.25) is 9.69 Å². The van der Waals surface area contributed by atoms with Gasteiger partial charge < -0.3 is 19.7 Å². The molecule has 0 atom stereocenters. The minimum absolute atomic E-state index is 0.00854. The predicted octanol–water partition coefficient (Wildman–Crippen LogP) is 4.78. The van der Waals surface area contributed by atoms with Gasteiger partial charge in [-0.25, -0.2) is 9.59 Å². The first kappa shape index (κ1) is 29.3. The third-order valence-corrected chi connectivity index (χ3v) is 5.80. The van der Waals surface area contributed by atoms with Crippen molar-refractivity contribution < 1.29 is 34.1 Å². The number of likely N-dealkylation sites (tertiary alicyclic amines) is 1. The van der Waals surface area contributed by atoms with Crippen molar-refractivity contribution >= 4 is 23.8 Å². The van der Waals surface area contributed by atoms with Crippen molar-refractivity contribution in [1.82, 2.24) is 4.90 Å².